The maximum atomic E-state index is 2.40. The number of hydrogen-bond acceptors (Lipinski definition) is 0. The zero-order valence-electron chi connectivity index (χ0n) is 27.2. The molecule has 0 fully saturated rings. The van der Waals surface area contributed by atoms with Crippen LogP contribution in [0.1, 0.15) is 77.0 Å². The van der Waals surface area contributed by atoms with E-state index in [-0.39, 0.29) is 5.41 Å². The van der Waals surface area contributed by atoms with Crippen molar-refractivity contribution in [3.63, 3.8) is 0 Å². The number of rotatable bonds is 9. The van der Waals surface area contributed by atoms with Crippen LogP contribution in [-0.4, -0.2) is 0 Å². The fourth-order valence-corrected chi connectivity index (χ4v) is 6.43. The van der Waals surface area contributed by atoms with E-state index in [2.05, 4.69) is 150 Å². The highest BCUT2D eigenvalue weighted by Gasteiger charge is 2.16. The summed E-state index contributed by atoms with van der Waals surface area (Å²) in [7, 11) is 0. The van der Waals surface area contributed by atoms with Gasteiger partial charge in [-0.05, 0) is 121 Å². The molecule has 0 bridgehead atoms. The molecular formula is C44H46. The van der Waals surface area contributed by atoms with Gasteiger partial charge in [0.2, 0.25) is 0 Å². The molecule has 222 valence electrons. The molecule has 0 aliphatic carbocycles. The molecule has 0 heterocycles. The number of unbranched alkanes of at least 4 members (excludes halogenated alkanes) is 2. The monoisotopic (exact) mass is 574 g/mol. The van der Waals surface area contributed by atoms with Gasteiger partial charge in [-0.1, -0.05) is 145 Å². The topological polar surface area (TPSA) is 0 Å². The summed E-state index contributed by atoms with van der Waals surface area (Å²) in [6, 6.07) is 44.1. The average molecular weight is 575 g/mol. The summed E-state index contributed by atoms with van der Waals surface area (Å²) in [5.41, 5.74) is 12.0. The lowest BCUT2D eigenvalue weighted by Crippen LogP contribution is -2.10. The molecule has 0 spiro atoms. The van der Waals surface area contributed by atoms with Crippen LogP contribution in [0.25, 0.3) is 54.9 Å². The van der Waals surface area contributed by atoms with Gasteiger partial charge in [-0.2, -0.15) is 0 Å². The van der Waals surface area contributed by atoms with Crippen molar-refractivity contribution < 1.29 is 0 Å². The lowest BCUT2D eigenvalue weighted by atomic mass is 9.84. The first-order valence-corrected chi connectivity index (χ1v) is 16.6. The van der Waals surface area contributed by atoms with Crippen molar-refractivity contribution in [2.75, 3.05) is 0 Å². The second-order valence-electron chi connectivity index (χ2n) is 13.6. The van der Waals surface area contributed by atoms with Gasteiger partial charge in [0.1, 0.15) is 0 Å². The first-order chi connectivity index (χ1) is 21.3. The maximum Gasteiger partial charge on any atom is -0.00268 e. The van der Waals surface area contributed by atoms with E-state index >= 15 is 0 Å². The molecule has 0 radical (unpaired) electrons. The Bertz CT molecular complexity index is 1750. The van der Waals surface area contributed by atoms with Gasteiger partial charge >= 0.3 is 0 Å². The van der Waals surface area contributed by atoms with E-state index in [0.717, 1.165) is 12.8 Å². The van der Waals surface area contributed by atoms with Crippen molar-refractivity contribution in [2.45, 2.75) is 78.6 Å². The van der Waals surface area contributed by atoms with Crippen molar-refractivity contribution in [1.82, 2.24) is 0 Å². The van der Waals surface area contributed by atoms with E-state index in [1.807, 2.05) is 0 Å². The molecule has 0 aliphatic rings. The Morgan fingerprint density at radius 3 is 1.25 bits per heavy atom. The van der Waals surface area contributed by atoms with Gasteiger partial charge in [-0.15, -0.1) is 0 Å². The molecule has 0 saturated carbocycles. The van der Waals surface area contributed by atoms with Crippen LogP contribution in [0.5, 0.6) is 0 Å². The number of fused-ring (bicyclic) bond motifs is 2. The Morgan fingerprint density at radius 1 is 0.432 bits per heavy atom. The highest BCUT2D eigenvalue weighted by atomic mass is 14.2. The Labute approximate surface area is 264 Å². The van der Waals surface area contributed by atoms with Gasteiger partial charge in [-0.25, -0.2) is 0 Å². The van der Waals surface area contributed by atoms with Gasteiger partial charge in [0.15, 0.2) is 0 Å². The second-order valence-corrected chi connectivity index (χ2v) is 13.6. The largest absolute Gasteiger partial charge is 0.0654 e. The minimum absolute atomic E-state index is 0.126. The van der Waals surface area contributed by atoms with E-state index in [9.17, 15) is 0 Å². The summed E-state index contributed by atoms with van der Waals surface area (Å²) in [4.78, 5) is 0. The Balaban J connectivity index is 1.48. The minimum Gasteiger partial charge on any atom is -0.0654 e. The number of benzene rings is 6. The first-order valence-electron chi connectivity index (χ1n) is 16.6. The highest BCUT2D eigenvalue weighted by molar-refractivity contribution is 6.14. The predicted molar refractivity (Wildman–Crippen MR) is 194 cm³/mol. The van der Waals surface area contributed by atoms with E-state index in [1.54, 1.807) is 0 Å². The Hall–Kier alpha value is -4.16. The SMILES string of the molecule is CCCCc1ccc(-c2ccc3c(-c4ccc(C(C)(C)C)cc4)c4ccc(-c5ccc(CCCC)cc5)cc4cc3c2)cc1. The number of hydrogen-bond donors (Lipinski definition) is 0. The smallest absolute Gasteiger partial charge is 0.00268 e. The summed E-state index contributed by atoms with van der Waals surface area (Å²) in [5.74, 6) is 0. The lowest BCUT2D eigenvalue weighted by Gasteiger charge is -2.20. The molecule has 0 heteroatoms. The van der Waals surface area contributed by atoms with Gasteiger partial charge in [0.25, 0.3) is 0 Å². The summed E-state index contributed by atoms with van der Waals surface area (Å²) in [6.45, 7) is 11.4. The minimum atomic E-state index is 0.126. The van der Waals surface area contributed by atoms with Crippen LogP contribution in [0.15, 0.2) is 115 Å². The molecule has 0 nitrogen and oxygen atoms in total. The molecule has 44 heavy (non-hydrogen) atoms. The summed E-state index contributed by atoms with van der Waals surface area (Å²) in [5, 5.41) is 5.17. The van der Waals surface area contributed by atoms with Crippen LogP contribution in [-0.2, 0) is 18.3 Å². The van der Waals surface area contributed by atoms with Crippen LogP contribution in [0.2, 0.25) is 0 Å². The zero-order chi connectivity index (χ0) is 30.7. The van der Waals surface area contributed by atoms with Crippen molar-refractivity contribution in [3.05, 3.63) is 132 Å². The molecule has 6 aromatic carbocycles. The molecular weight excluding hydrogens is 528 g/mol. The molecule has 0 unspecified atom stereocenters. The quantitative estimate of drug-likeness (QED) is 0.151. The van der Waals surface area contributed by atoms with Crippen LogP contribution in [0.3, 0.4) is 0 Å². The molecule has 6 rings (SSSR count). The molecule has 0 aliphatic heterocycles. The fourth-order valence-electron chi connectivity index (χ4n) is 6.43. The third-order valence-corrected chi connectivity index (χ3v) is 9.20. The third-order valence-electron chi connectivity index (χ3n) is 9.20. The van der Waals surface area contributed by atoms with E-state index in [1.165, 1.54) is 97.3 Å². The molecule has 0 amide bonds. The molecule has 0 N–H and O–H groups in total. The van der Waals surface area contributed by atoms with Crippen LogP contribution >= 0.6 is 0 Å². The van der Waals surface area contributed by atoms with Crippen molar-refractivity contribution in [3.8, 4) is 33.4 Å². The summed E-state index contributed by atoms with van der Waals surface area (Å²) in [6.07, 6.45) is 7.25. The van der Waals surface area contributed by atoms with Crippen molar-refractivity contribution in [1.29, 1.82) is 0 Å². The highest BCUT2D eigenvalue weighted by Crippen LogP contribution is 2.40. The van der Waals surface area contributed by atoms with Crippen LogP contribution in [0.4, 0.5) is 0 Å². The zero-order valence-corrected chi connectivity index (χ0v) is 27.2. The summed E-state index contributed by atoms with van der Waals surface area (Å²) < 4.78 is 0. The van der Waals surface area contributed by atoms with E-state index in [4.69, 9.17) is 0 Å². The summed E-state index contributed by atoms with van der Waals surface area (Å²) >= 11 is 0. The maximum absolute atomic E-state index is 2.40. The lowest BCUT2D eigenvalue weighted by molar-refractivity contribution is 0.590. The number of aryl methyl sites for hydroxylation is 2. The normalized spacial score (nSPS) is 11.8. The van der Waals surface area contributed by atoms with Crippen LogP contribution in [0, 0.1) is 0 Å². The molecule has 0 atom stereocenters. The van der Waals surface area contributed by atoms with Gasteiger partial charge in [-0.3, -0.25) is 0 Å². The standard InChI is InChI=1S/C44H46/c1-6-8-10-31-12-16-33(17-13-31)36-22-26-41-38(28-36)30-39-29-37(34-18-14-32(15-19-34)11-9-7-2)23-27-42(39)43(41)35-20-24-40(25-21-35)44(3,4)5/h12-30H,6-11H2,1-5H3. The molecule has 0 saturated heterocycles. The van der Waals surface area contributed by atoms with Gasteiger partial charge in [0, 0.05) is 0 Å². The van der Waals surface area contributed by atoms with E-state index < -0.39 is 0 Å². The van der Waals surface area contributed by atoms with Crippen molar-refractivity contribution in [2.24, 2.45) is 0 Å². The fraction of sp³-hybridized carbons (Fsp3) is 0.273. The molecule has 6 aromatic rings. The van der Waals surface area contributed by atoms with E-state index in [0.29, 0.717) is 0 Å². The second kappa shape index (κ2) is 12.8. The Kier molecular flexibility index (Phi) is 8.72. The van der Waals surface area contributed by atoms with Crippen molar-refractivity contribution >= 4 is 21.5 Å². The van der Waals surface area contributed by atoms with Gasteiger partial charge in [0.05, 0.1) is 0 Å². The van der Waals surface area contributed by atoms with Gasteiger partial charge < -0.3 is 0 Å². The first kappa shape index (κ1) is 29.9. The molecule has 0 aromatic heterocycles. The average Bonchev–Trinajstić information content (AvgIpc) is 3.05. The van der Waals surface area contributed by atoms with Crippen LogP contribution < -0.4 is 0 Å². The third kappa shape index (κ3) is 6.36. The predicted octanol–water partition coefficient (Wildman–Crippen LogP) is 13.0. The Morgan fingerprint density at radius 2 is 0.841 bits per heavy atom.